The van der Waals surface area contributed by atoms with Crippen LogP contribution in [0.2, 0.25) is 0 Å². The highest BCUT2D eigenvalue weighted by molar-refractivity contribution is 9.10. The number of carbonyl (C=O) groups is 1. The van der Waals surface area contributed by atoms with Crippen molar-refractivity contribution in [1.82, 2.24) is 5.32 Å². The normalized spacial score (nSPS) is 17.4. The maximum Gasteiger partial charge on any atom is 0.238 e. The van der Waals surface area contributed by atoms with Crippen molar-refractivity contribution in [2.24, 2.45) is 5.41 Å². The molecule has 0 unspecified atom stereocenters. The van der Waals surface area contributed by atoms with E-state index in [1.165, 1.54) is 25.7 Å². The predicted molar refractivity (Wildman–Crippen MR) is 82.2 cm³/mol. The maximum atomic E-state index is 11.8. The molecule has 1 aliphatic carbocycles. The molecule has 2 N–H and O–H groups in total. The van der Waals surface area contributed by atoms with Crippen LogP contribution in [0.5, 0.6) is 0 Å². The molecule has 0 saturated heterocycles. The quantitative estimate of drug-likeness (QED) is 0.869. The van der Waals surface area contributed by atoms with Gasteiger partial charge in [-0.15, -0.1) is 0 Å². The summed E-state index contributed by atoms with van der Waals surface area (Å²) in [6, 6.07) is 7.65. The minimum Gasteiger partial charge on any atom is -0.324 e. The van der Waals surface area contributed by atoms with Gasteiger partial charge in [0.25, 0.3) is 0 Å². The van der Waals surface area contributed by atoms with Crippen LogP contribution < -0.4 is 10.6 Å². The smallest absolute Gasteiger partial charge is 0.238 e. The Morgan fingerprint density at radius 1 is 1.32 bits per heavy atom. The molecule has 0 bridgehead atoms. The highest BCUT2D eigenvalue weighted by atomic mass is 79.9. The molecule has 1 amide bonds. The zero-order valence-corrected chi connectivity index (χ0v) is 12.9. The van der Waals surface area contributed by atoms with Crippen LogP contribution in [0.25, 0.3) is 0 Å². The third kappa shape index (κ3) is 4.32. The molecule has 1 fully saturated rings. The van der Waals surface area contributed by atoms with E-state index in [1.54, 1.807) is 0 Å². The summed E-state index contributed by atoms with van der Waals surface area (Å²) in [6.45, 7) is 3.60. The third-order valence-corrected chi connectivity index (χ3v) is 4.49. The fourth-order valence-corrected chi connectivity index (χ4v) is 3.02. The van der Waals surface area contributed by atoms with E-state index >= 15 is 0 Å². The Kier molecular flexibility index (Phi) is 4.99. The molecule has 0 heterocycles. The lowest BCUT2D eigenvalue weighted by atomic mass is 9.89. The summed E-state index contributed by atoms with van der Waals surface area (Å²) in [7, 11) is 0. The second-order valence-electron chi connectivity index (χ2n) is 5.65. The van der Waals surface area contributed by atoms with Crippen molar-refractivity contribution < 1.29 is 4.79 Å². The van der Waals surface area contributed by atoms with Crippen LogP contribution in [0.4, 0.5) is 5.69 Å². The minimum atomic E-state index is 0.00787. The molecular formula is C15H21BrN2O. The summed E-state index contributed by atoms with van der Waals surface area (Å²) >= 11 is 3.42. The Bertz CT molecular complexity index is 442. The first-order valence-electron chi connectivity index (χ1n) is 6.84. The van der Waals surface area contributed by atoms with Gasteiger partial charge >= 0.3 is 0 Å². The number of rotatable bonds is 5. The van der Waals surface area contributed by atoms with Gasteiger partial charge in [0.2, 0.25) is 5.91 Å². The summed E-state index contributed by atoms with van der Waals surface area (Å²) in [5.74, 6) is 0.00787. The Labute approximate surface area is 123 Å². The highest BCUT2D eigenvalue weighted by Crippen LogP contribution is 2.36. The number of hydrogen-bond donors (Lipinski definition) is 2. The number of halogens is 1. The van der Waals surface area contributed by atoms with E-state index in [0.717, 1.165) is 16.7 Å². The molecule has 1 aromatic rings. The highest BCUT2D eigenvalue weighted by Gasteiger charge is 2.28. The Morgan fingerprint density at radius 3 is 2.68 bits per heavy atom. The van der Waals surface area contributed by atoms with Crippen molar-refractivity contribution in [1.29, 1.82) is 0 Å². The fourth-order valence-electron chi connectivity index (χ4n) is 2.64. The van der Waals surface area contributed by atoms with Gasteiger partial charge in [-0.3, -0.25) is 4.79 Å². The lowest BCUT2D eigenvalue weighted by Gasteiger charge is -2.23. The monoisotopic (exact) mass is 324 g/mol. The van der Waals surface area contributed by atoms with Gasteiger partial charge in [-0.2, -0.15) is 0 Å². The van der Waals surface area contributed by atoms with E-state index in [0.29, 0.717) is 12.0 Å². The van der Waals surface area contributed by atoms with E-state index in [2.05, 4.69) is 33.5 Å². The molecule has 2 rings (SSSR count). The molecule has 1 saturated carbocycles. The molecule has 19 heavy (non-hydrogen) atoms. The Morgan fingerprint density at radius 2 is 2.00 bits per heavy atom. The van der Waals surface area contributed by atoms with Gasteiger partial charge in [0.05, 0.1) is 12.2 Å². The molecule has 0 radical (unpaired) electrons. The first-order chi connectivity index (χ1) is 9.09. The molecule has 0 atom stereocenters. The predicted octanol–water partition coefficient (Wildman–Crippen LogP) is 3.56. The number of benzene rings is 1. The molecule has 1 aromatic carbocycles. The number of anilines is 1. The van der Waals surface area contributed by atoms with E-state index in [-0.39, 0.29) is 5.91 Å². The summed E-state index contributed by atoms with van der Waals surface area (Å²) in [4.78, 5) is 11.8. The molecule has 1 aliphatic rings. The van der Waals surface area contributed by atoms with Gasteiger partial charge in [0, 0.05) is 11.0 Å². The molecule has 0 spiro atoms. The summed E-state index contributed by atoms with van der Waals surface area (Å²) in [5, 5.41) is 6.18. The lowest BCUT2D eigenvalue weighted by molar-refractivity contribution is -0.115. The third-order valence-electron chi connectivity index (χ3n) is 3.80. The molecule has 0 aromatic heterocycles. The Hall–Kier alpha value is -0.870. The van der Waals surface area contributed by atoms with E-state index < -0.39 is 0 Å². The lowest BCUT2D eigenvalue weighted by Crippen LogP contribution is -2.35. The van der Waals surface area contributed by atoms with Crippen molar-refractivity contribution in [2.75, 3.05) is 18.4 Å². The van der Waals surface area contributed by atoms with Crippen molar-refractivity contribution in [2.45, 2.75) is 32.6 Å². The van der Waals surface area contributed by atoms with Crippen LogP contribution in [-0.4, -0.2) is 19.0 Å². The van der Waals surface area contributed by atoms with Gasteiger partial charge in [-0.05, 0) is 46.3 Å². The van der Waals surface area contributed by atoms with Gasteiger partial charge in [0.1, 0.15) is 0 Å². The summed E-state index contributed by atoms with van der Waals surface area (Å²) in [6.07, 6.45) is 5.18. The van der Waals surface area contributed by atoms with Crippen LogP contribution >= 0.6 is 15.9 Å². The van der Waals surface area contributed by atoms with Crippen molar-refractivity contribution in [3.05, 3.63) is 28.7 Å². The van der Waals surface area contributed by atoms with Gasteiger partial charge in [0.15, 0.2) is 0 Å². The molecule has 0 aliphatic heterocycles. The van der Waals surface area contributed by atoms with Gasteiger partial charge < -0.3 is 10.6 Å². The number of nitrogens with one attached hydrogen (secondary N) is 2. The SMILES string of the molecule is CC1(CNCC(=O)Nc2ccccc2Br)CCCC1. The van der Waals surface area contributed by atoms with Gasteiger partial charge in [-0.25, -0.2) is 0 Å². The molecule has 3 nitrogen and oxygen atoms in total. The van der Waals surface area contributed by atoms with Gasteiger partial charge in [-0.1, -0.05) is 31.9 Å². The number of carbonyl (C=O) groups excluding carboxylic acids is 1. The van der Waals surface area contributed by atoms with Crippen LogP contribution in [0, 0.1) is 5.41 Å². The number of hydrogen-bond acceptors (Lipinski definition) is 2. The van der Waals surface area contributed by atoms with E-state index in [9.17, 15) is 4.79 Å². The fraction of sp³-hybridized carbons (Fsp3) is 0.533. The number of amides is 1. The average Bonchev–Trinajstić information content (AvgIpc) is 2.79. The van der Waals surface area contributed by atoms with Crippen LogP contribution in [0.15, 0.2) is 28.7 Å². The van der Waals surface area contributed by atoms with Crippen LogP contribution in [0.3, 0.4) is 0 Å². The standard InChI is InChI=1S/C15H21BrN2O/c1-15(8-4-5-9-15)11-17-10-14(19)18-13-7-3-2-6-12(13)16/h2-3,6-7,17H,4-5,8-11H2,1H3,(H,18,19). The average molecular weight is 325 g/mol. The first-order valence-corrected chi connectivity index (χ1v) is 7.63. The molecule has 104 valence electrons. The van der Waals surface area contributed by atoms with Crippen LogP contribution in [0.1, 0.15) is 32.6 Å². The second kappa shape index (κ2) is 6.53. The minimum absolute atomic E-state index is 0.00787. The topological polar surface area (TPSA) is 41.1 Å². The van der Waals surface area contributed by atoms with Crippen molar-refractivity contribution in [3.63, 3.8) is 0 Å². The molecule has 4 heteroatoms. The zero-order valence-electron chi connectivity index (χ0n) is 11.3. The zero-order chi connectivity index (χ0) is 13.7. The van der Waals surface area contributed by atoms with E-state index in [1.807, 2.05) is 24.3 Å². The van der Waals surface area contributed by atoms with Crippen molar-refractivity contribution >= 4 is 27.5 Å². The van der Waals surface area contributed by atoms with Crippen LogP contribution in [-0.2, 0) is 4.79 Å². The number of para-hydroxylation sites is 1. The molecular weight excluding hydrogens is 304 g/mol. The van der Waals surface area contributed by atoms with Crippen molar-refractivity contribution in [3.8, 4) is 0 Å². The second-order valence-corrected chi connectivity index (χ2v) is 6.50. The van der Waals surface area contributed by atoms with E-state index in [4.69, 9.17) is 0 Å². The Balaban J connectivity index is 1.74. The summed E-state index contributed by atoms with van der Waals surface area (Å²) in [5.41, 5.74) is 1.20. The maximum absolute atomic E-state index is 11.8. The largest absolute Gasteiger partial charge is 0.324 e. The first kappa shape index (κ1) is 14.5. The summed E-state index contributed by atoms with van der Waals surface area (Å²) < 4.78 is 0.908.